The fourth-order valence-corrected chi connectivity index (χ4v) is 0.918. The highest BCUT2D eigenvalue weighted by Crippen LogP contribution is 2.16. The lowest BCUT2D eigenvalue weighted by Gasteiger charge is -2.23. The summed E-state index contributed by atoms with van der Waals surface area (Å²) in [6, 6.07) is -0.901. The van der Waals surface area contributed by atoms with Crippen LogP contribution in [0.1, 0.15) is 28.2 Å². The number of ether oxygens (including phenoxy) is 1. The van der Waals surface area contributed by atoms with Crippen molar-refractivity contribution in [2.75, 3.05) is 13.7 Å². The van der Waals surface area contributed by atoms with E-state index in [1.807, 2.05) is 0 Å². The Hall–Kier alpha value is -1.10. The molecule has 0 aliphatic heterocycles. The summed E-state index contributed by atoms with van der Waals surface area (Å²) in [5, 5.41) is 11.2. The van der Waals surface area contributed by atoms with Gasteiger partial charge in [-0.1, -0.05) is 28.2 Å². The molecule has 0 aliphatic carbocycles. The maximum absolute atomic E-state index is 11.6. The lowest BCUT2D eigenvalue weighted by atomic mass is 9.87. The van der Waals surface area contributed by atoms with Crippen LogP contribution < -0.4 is 5.32 Å². The van der Waals surface area contributed by atoms with Crippen molar-refractivity contribution >= 4 is 11.9 Å². The molecule has 0 aliphatic rings. The van der Waals surface area contributed by atoms with Crippen molar-refractivity contribution in [3.63, 3.8) is 0 Å². The predicted octanol–water partition coefficient (Wildman–Crippen LogP) is 0.955. The molecule has 0 saturated heterocycles. The summed E-state index contributed by atoms with van der Waals surface area (Å²) in [6.45, 7) is 4.73. The van der Waals surface area contributed by atoms with Crippen molar-refractivity contribution in [3.8, 4) is 0 Å². The summed E-state index contributed by atoms with van der Waals surface area (Å²) in [5.41, 5.74) is -0.603. The van der Waals surface area contributed by atoms with Crippen LogP contribution in [0.2, 0.25) is 0 Å². The second-order valence-electron chi connectivity index (χ2n) is 3.99. The Labute approximate surface area is 90.8 Å². The Kier molecular flexibility index (Phi) is 6.96. The first-order chi connectivity index (χ1) is 6.32. The Balaban J connectivity index is 0. The smallest absolute Gasteiger partial charge is 0.407 e. The zero-order chi connectivity index (χ0) is 11.4. The second-order valence-corrected chi connectivity index (χ2v) is 3.99. The first kappa shape index (κ1) is 16.3. The number of methoxy groups -OCH3 is 1. The molecular formula is C10H21NO4. The van der Waals surface area contributed by atoms with E-state index in [1.165, 1.54) is 7.11 Å². The van der Waals surface area contributed by atoms with Gasteiger partial charge in [-0.3, -0.25) is 4.79 Å². The molecule has 0 aromatic heterocycles. The number of hydrogen-bond acceptors (Lipinski definition) is 4. The van der Waals surface area contributed by atoms with Crippen molar-refractivity contribution < 1.29 is 19.4 Å². The highest BCUT2D eigenvalue weighted by atomic mass is 16.5. The minimum atomic E-state index is -0.901. The summed E-state index contributed by atoms with van der Waals surface area (Å²) >= 11 is 0. The number of aliphatic hydroxyl groups is 1. The van der Waals surface area contributed by atoms with E-state index in [1.54, 1.807) is 20.8 Å². The molecule has 2 N–H and O–H groups in total. The van der Waals surface area contributed by atoms with E-state index in [9.17, 15) is 9.59 Å². The molecule has 90 valence electrons. The molecule has 0 spiro atoms. The highest BCUT2D eigenvalue weighted by molar-refractivity contribution is 5.91. The monoisotopic (exact) mass is 219 g/mol. The van der Waals surface area contributed by atoms with Gasteiger partial charge < -0.3 is 15.2 Å². The fraction of sp³-hybridized carbons (Fsp3) is 0.800. The van der Waals surface area contributed by atoms with Crippen LogP contribution in [-0.4, -0.2) is 36.7 Å². The molecule has 0 bridgehead atoms. The number of Topliss-reactive ketones (excluding diaryl/α,β-unsaturated/α-hetero) is 1. The van der Waals surface area contributed by atoms with E-state index in [0.717, 1.165) is 0 Å². The molecule has 0 saturated carbocycles. The van der Waals surface area contributed by atoms with Crippen LogP contribution in [0.5, 0.6) is 0 Å². The summed E-state index contributed by atoms with van der Waals surface area (Å²) in [7, 11) is 1.20. The van der Waals surface area contributed by atoms with E-state index < -0.39 is 24.2 Å². The van der Waals surface area contributed by atoms with E-state index >= 15 is 0 Å². The molecule has 0 unspecified atom stereocenters. The Morgan fingerprint density at radius 3 is 2.13 bits per heavy atom. The van der Waals surface area contributed by atoms with E-state index in [0.29, 0.717) is 0 Å². The van der Waals surface area contributed by atoms with Gasteiger partial charge in [-0.2, -0.15) is 0 Å². The van der Waals surface area contributed by atoms with Crippen LogP contribution in [-0.2, 0) is 9.53 Å². The maximum atomic E-state index is 11.6. The molecule has 0 fully saturated rings. The quantitative estimate of drug-likeness (QED) is 0.741. The lowest BCUT2D eigenvalue weighted by Crippen LogP contribution is -2.47. The summed E-state index contributed by atoms with van der Waals surface area (Å²) in [6.07, 6.45) is -0.721. The largest absolute Gasteiger partial charge is 0.453 e. The van der Waals surface area contributed by atoms with Gasteiger partial charge in [0.2, 0.25) is 0 Å². The average Bonchev–Trinajstić information content (AvgIpc) is 2.11. The lowest BCUT2D eigenvalue weighted by molar-refractivity contribution is -0.129. The number of carbonyl (C=O) groups is 2. The van der Waals surface area contributed by atoms with Crippen molar-refractivity contribution in [2.45, 2.75) is 34.2 Å². The van der Waals surface area contributed by atoms with Gasteiger partial charge in [0.05, 0.1) is 13.7 Å². The number of alkyl carbamates (subject to hydrolysis) is 1. The number of amides is 1. The number of carbonyl (C=O) groups excluding carboxylic acids is 2. The third kappa shape index (κ3) is 5.37. The minimum absolute atomic E-state index is 0. The van der Waals surface area contributed by atoms with E-state index in [4.69, 9.17) is 5.11 Å². The molecule has 15 heavy (non-hydrogen) atoms. The molecule has 5 nitrogen and oxygen atoms in total. The first-order valence-electron chi connectivity index (χ1n) is 4.32. The van der Waals surface area contributed by atoms with Gasteiger partial charge >= 0.3 is 6.09 Å². The Morgan fingerprint density at radius 1 is 1.40 bits per heavy atom. The van der Waals surface area contributed by atoms with Crippen LogP contribution in [0.25, 0.3) is 0 Å². The van der Waals surface area contributed by atoms with Crippen LogP contribution >= 0.6 is 0 Å². The van der Waals surface area contributed by atoms with Crippen molar-refractivity contribution in [3.05, 3.63) is 0 Å². The van der Waals surface area contributed by atoms with Crippen molar-refractivity contribution in [2.24, 2.45) is 5.41 Å². The zero-order valence-electron chi connectivity index (χ0n) is 8.96. The number of rotatable bonds is 3. The molecule has 0 heterocycles. The maximum Gasteiger partial charge on any atom is 0.407 e. The summed E-state index contributed by atoms with van der Waals surface area (Å²) in [4.78, 5) is 22.4. The molecule has 0 radical (unpaired) electrons. The predicted molar refractivity (Wildman–Crippen MR) is 57.6 cm³/mol. The third-order valence-electron chi connectivity index (χ3n) is 1.72. The van der Waals surface area contributed by atoms with Gasteiger partial charge in [-0.05, 0) is 0 Å². The van der Waals surface area contributed by atoms with Gasteiger partial charge in [-0.25, -0.2) is 4.79 Å². The van der Waals surface area contributed by atoms with Crippen LogP contribution in [0.3, 0.4) is 0 Å². The van der Waals surface area contributed by atoms with Crippen LogP contribution in [0, 0.1) is 5.41 Å². The number of ketones is 1. The molecular weight excluding hydrogens is 198 g/mol. The zero-order valence-corrected chi connectivity index (χ0v) is 8.96. The van der Waals surface area contributed by atoms with Crippen molar-refractivity contribution in [1.82, 2.24) is 5.32 Å². The van der Waals surface area contributed by atoms with Crippen molar-refractivity contribution in [1.29, 1.82) is 0 Å². The Bertz CT molecular complexity index is 220. The molecule has 0 rings (SSSR count). The number of nitrogens with one attached hydrogen (secondary N) is 1. The molecule has 0 aromatic carbocycles. The standard InChI is InChI=1S/C9H17NO4.CH4/c1-9(2,3)7(12)6(5-11)10-8(13)14-4;/h6,11H,5H2,1-4H3,(H,10,13);1H4/t6-;/m1./s1. The van der Waals surface area contributed by atoms with E-state index in [-0.39, 0.29) is 13.2 Å². The van der Waals surface area contributed by atoms with Gasteiger partial charge in [0.1, 0.15) is 6.04 Å². The van der Waals surface area contributed by atoms with Gasteiger partial charge in [0.15, 0.2) is 5.78 Å². The fourth-order valence-electron chi connectivity index (χ4n) is 0.918. The Morgan fingerprint density at radius 2 is 1.87 bits per heavy atom. The molecule has 5 heteroatoms. The second kappa shape index (κ2) is 6.40. The normalized spacial score (nSPS) is 12.3. The number of hydrogen-bond donors (Lipinski definition) is 2. The molecule has 1 amide bonds. The first-order valence-corrected chi connectivity index (χ1v) is 4.32. The molecule has 0 aromatic rings. The summed E-state index contributed by atoms with van der Waals surface area (Å²) in [5.74, 6) is -0.231. The van der Waals surface area contributed by atoms with E-state index in [2.05, 4.69) is 10.1 Å². The molecule has 1 atom stereocenters. The van der Waals surface area contributed by atoms with Crippen LogP contribution in [0.15, 0.2) is 0 Å². The SMILES string of the molecule is C.COC(=O)N[C@H](CO)C(=O)C(C)(C)C. The highest BCUT2D eigenvalue weighted by Gasteiger charge is 2.30. The van der Waals surface area contributed by atoms with Gasteiger partial charge in [-0.15, -0.1) is 0 Å². The average molecular weight is 219 g/mol. The number of aliphatic hydroxyl groups excluding tert-OH is 1. The van der Waals surface area contributed by atoms with Crippen LogP contribution in [0.4, 0.5) is 4.79 Å². The summed E-state index contributed by atoms with van der Waals surface area (Å²) < 4.78 is 4.33. The topological polar surface area (TPSA) is 75.6 Å². The third-order valence-corrected chi connectivity index (χ3v) is 1.72. The minimum Gasteiger partial charge on any atom is -0.453 e. The van der Waals surface area contributed by atoms with Gasteiger partial charge in [0, 0.05) is 5.41 Å². The van der Waals surface area contributed by atoms with Gasteiger partial charge in [0.25, 0.3) is 0 Å².